The van der Waals surface area contributed by atoms with E-state index in [1.165, 1.54) is 30.5 Å². The van der Waals surface area contributed by atoms with Gasteiger partial charge in [-0.3, -0.25) is 4.79 Å². The van der Waals surface area contributed by atoms with Crippen molar-refractivity contribution in [2.75, 3.05) is 11.6 Å². The van der Waals surface area contributed by atoms with Crippen LogP contribution >= 0.6 is 0 Å². The van der Waals surface area contributed by atoms with E-state index in [4.69, 9.17) is 0 Å². The van der Waals surface area contributed by atoms with Gasteiger partial charge in [-0.2, -0.15) is 5.10 Å². The Labute approximate surface area is 138 Å². The molecule has 0 bridgehead atoms. The van der Waals surface area contributed by atoms with E-state index in [0.29, 0.717) is 17.1 Å². The molecule has 1 aromatic carbocycles. The van der Waals surface area contributed by atoms with E-state index in [0.717, 1.165) is 6.26 Å². The molecule has 2 aromatic heterocycles. The molecule has 0 fully saturated rings. The maximum atomic E-state index is 12.2. The Morgan fingerprint density at radius 1 is 1.12 bits per heavy atom. The SMILES string of the molecule is CS(=O)(=O)c1ccc(C(=O)Nc2ccc(-n3cccn3)nc2)cc1. The summed E-state index contributed by atoms with van der Waals surface area (Å²) in [5.74, 6) is 0.291. The average molecular weight is 342 g/mol. The molecule has 0 saturated carbocycles. The summed E-state index contributed by atoms with van der Waals surface area (Å²) in [6.45, 7) is 0. The molecular weight excluding hydrogens is 328 g/mol. The molecule has 0 aliphatic carbocycles. The molecule has 0 aliphatic rings. The summed E-state index contributed by atoms with van der Waals surface area (Å²) in [5.41, 5.74) is 0.890. The normalized spacial score (nSPS) is 11.2. The minimum Gasteiger partial charge on any atom is -0.321 e. The van der Waals surface area contributed by atoms with E-state index < -0.39 is 9.84 Å². The molecular formula is C16H14N4O3S. The molecule has 0 atom stereocenters. The van der Waals surface area contributed by atoms with E-state index in [9.17, 15) is 13.2 Å². The maximum absolute atomic E-state index is 12.2. The predicted octanol–water partition coefficient (Wildman–Crippen LogP) is 1.92. The van der Waals surface area contributed by atoms with Crippen molar-refractivity contribution in [3.05, 3.63) is 66.6 Å². The lowest BCUT2D eigenvalue weighted by Crippen LogP contribution is -2.12. The Hall–Kier alpha value is -3.00. The van der Waals surface area contributed by atoms with Crippen molar-refractivity contribution in [2.45, 2.75) is 4.90 Å². The number of pyridine rings is 1. The molecule has 0 unspecified atom stereocenters. The van der Waals surface area contributed by atoms with Crippen LogP contribution in [0.15, 0.2) is 66.0 Å². The van der Waals surface area contributed by atoms with E-state index in [2.05, 4.69) is 15.4 Å². The van der Waals surface area contributed by atoms with Gasteiger partial charge in [-0.1, -0.05) is 0 Å². The Kier molecular flexibility index (Phi) is 4.13. The summed E-state index contributed by atoms with van der Waals surface area (Å²) >= 11 is 0. The topological polar surface area (TPSA) is 94.0 Å². The molecule has 2 heterocycles. The Bertz CT molecular complexity index is 948. The maximum Gasteiger partial charge on any atom is 0.255 e. The lowest BCUT2D eigenvalue weighted by atomic mass is 10.2. The van der Waals surface area contributed by atoms with Crippen LogP contribution in [0.5, 0.6) is 0 Å². The molecule has 0 spiro atoms. The molecule has 3 aromatic rings. The highest BCUT2D eigenvalue weighted by Gasteiger charge is 2.10. The number of rotatable bonds is 4. The van der Waals surface area contributed by atoms with Crippen LogP contribution in [0.2, 0.25) is 0 Å². The zero-order valence-electron chi connectivity index (χ0n) is 12.7. The van der Waals surface area contributed by atoms with E-state index in [1.807, 2.05) is 0 Å². The first kappa shape index (κ1) is 15.9. The van der Waals surface area contributed by atoms with E-state index >= 15 is 0 Å². The summed E-state index contributed by atoms with van der Waals surface area (Å²) in [5, 5.41) is 6.78. The Morgan fingerprint density at radius 2 is 1.88 bits per heavy atom. The van der Waals surface area contributed by atoms with Gasteiger partial charge in [0.15, 0.2) is 15.7 Å². The van der Waals surface area contributed by atoms with Gasteiger partial charge in [0.2, 0.25) is 0 Å². The van der Waals surface area contributed by atoms with Gasteiger partial charge in [-0.15, -0.1) is 0 Å². The zero-order valence-corrected chi connectivity index (χ0v) is 13.6. The fraction of sp³-hybridized carbons (Fsp3) is 0.0625. The van der Waals surface area contributed by atoms with Gasteiger partial charge in [0.25, 0.3) is 5.91 Å². The number of benzene rings is 1. The third kappa shape index (κ3) is 3.49. The molecule has 1 amide bonds. The predicted molar refractivity (Wildman–Crippen MR) is 88.9 cm³/mol. The van der Waals surface area contributed by atoms with Crippen molar-refractivity contribution >= 4 is 21.4 Å². The molecule has 0 radical (unpaired) electrons. The number of anilines is 1. The van der Waals surface area contributed by atoms with Gasteiger partial charge in [-0.05, 0) is 42.5 Å². The number of sulfone groups is 1. The molecule has 0 saturated heterocycles. The number of hydrogen-bond acceptors (Lipinski definition) is 5. The summed E-state index contributed by atoms with van der Waals surface area (Å²) in [4.78, 5) is 16.6. The zero-order chi connectivity index (χ0) is 17.2. The van der Waals surface area contributed by atoms with Gasteiger partial charge in [-0.25, -0.2) is 18.1 Å². The highest BCUT2D eigenvalue weighted by molar-refractivity contribution is 7.90. The Balaban J connectivity index is 1.73. The Morgan fingerprint density at radius 3 is 2.42 bits per heavy atom. The quantitative estimate of drug-likeness (QED) is 0.782. The van der Waals surface area contributed by atoms with Crippen LogP contribution in [0.3, 0.4) is 0 Å². The van der Waals surface area contributed by atoms with Gasteiger partial charge in [0.1, 0.15) is 0 Å². The second kappa shape index (κ2) is 6.25. The molecule has 122 valence electrons. The minimum absolute atomic E-state index is 0.171. The first-order chi connectivity index (χ1) is 11.4. The number of hydrogen-bond donors (Lipinski definition) is 1. The van der Waals surface area contributed by atoms with Crippen LogP contribution in [0, 0.1) is 0 Å². The number of carbonyl (C=O) groups is 1. The number of carbonyl (C=O) groups excluding carboxylic acids is 1. The molecule has 8 heteroatoms. The van der Waals surface area contributed by atoms with Crippen LogP contribution in [0.25, 0.3) is 5.82 Å². The second-order valence-corrected chi connectivity index (χ2v) is 7.12. The highest BCUT2D eigenvalue weighted by atomic mass is 32.2. The first-order valence-electron chi connectivity index (χ1n) is 7.01. The lowest BCUT2D eigenvalue weighted by Gasteiger charge is -2.07. The fourth-order valence-corrected chi connectivity index (χ4v) is 2.69. The third-order valence-corrected chi connectivity index (χ3v) is 4.42. The van der Waals surface area contributed by atoms with Crippen LogP contribution in [0.1, 0.15) is 10.4 Å². The number of nitrogens with one attached hydrogen (secondary N) is 1. The average Bonchev–Trinajstić information content (AvgIpc) is 3.09. The van der Waals surface area contributed by atoms with Crippen molar-refractivity contribution in [3.8, 4) is 5.82 Å². The van der Waals surface area contributed by atoms with Crippen LogP contribution in [-0.2, 0) is 9.84 Å². The van der Waals surface area contributed by atoms with E-state index in [-0.39, 0.29) is 10.8 Å². The van der Waals surface area contributed by atoms with Gasteiger partial charge in [0.05, 0.1) is 16.8 Å². The van der Waals surface area contributed by atoms with Crippen molar-refractivity contribution < 1.29 is 13.2 Å². The van der Waals surface area contributed by atoms with E-state index in [1.54, 1.807) is 35.3 Å². The molecule has 7 nitrogen and oxygen atoms in total. The first-order valence-corrected chi connectivity index (χ1v) is 8.90. The van der Waals surface area contributed by atoms with Crippen molar-refractivity contribution in [1.29, 1.82) is 0 Å². The van der Waals surface area contributed by atoms with Crippen molar-refractivity contribution in [1.82, 2.24) is 14.8 Å². The highest BCUT2D eigenvalue weighted by Crippen LogP contribution is 2.13. The molecule has 24 heavy (non-hydrogen) atoms. The van der Waals surface area contributed by atoms with Crippen molar-refractivity contribution in [3.63, 3.8) is 0 Å². The van der Waals surface area contributed by atoms with Gasteiger partial charge in [0, 0.05) is 24.2 Å². The largest absolute Gasteiger partial charge is 0.321 e. The molecule has 1 N–H and O–H groups in total. The van der Waals surface area contributed by atoms with Crippen LogP contribution in [-0.4, -0.2) is 35.3 Å². The lowest BCUT2D eigenvalue weighted by molar-refractivity contribution is 0.102. The van der Waals surface area contributed by atoms with Crippen LogP contribution < -0.4 is 5.32 Å². The van der Waals surface area contributed by atoms with Crippen LogP contribution in [0.4, 0.5) is 5.69 Å². The third-order valence-electron chi connectivity index (χ3n) is 3.29. The second-order valence-electron chi connectivity index (χ2n) is 5.11. The molecule has 0 aliphatic heterocycles. The smallest absolute Gasteiger partial charge is 0.255 e. The summed E-state index contributed by atoms with van der Waals surface area (Å²) in [6.07, 6.45) is 6.07. The molecule has 3 rings (SSSR count). The standard InChI is InChI=1S/C16H14N4O3S/c1-24(22,23)14-6-3-12(4-7-14)16(21)19-13-5-8-15(17-11-13)20-10-2-9-18-20/h2-11H,1H3,(H,19,21). The van der Waals surface area contributed by atoms with Crippen molar-refractivity contribution in [2.24, 2.45) is 0 Å². The number of amides is 1. The van der Waals surface area contributed by atoms with Gasteiger partial charge >= 0.3 is 0 Å². The summed E-state index contributed by atoms with van der Waals surface area (Å²) in [7, 11) is -3.28. The monoisotopic (exact) mass is 342 g/mol. The van der Waals surface area contributed by atoms with Gasteiger partial charge < -0.3 is 5.32 Å². The number of nitrogens with zero attached hydrogens (tertiary/aromatic N) is 3. The number of aromatic nitrogens is 3. The minimum atomic E-state index is -3.28. The summed E-state index contributed by atoms with van der Waals surface area (Å²) < 4.78 is 24.4. The fourth-order valence-electron chi connectivity index (χ4n) is 2.06. The summed E-state index contributed by atoms with van der Waals surface area (Å²) in [6, 6.07) is 11.0.